The van der Waals surface area contributed by atoms with E-state index in [0.29, 0.717) is 0 Å². The average molecular weight is 395 g/mol. The van der Waals surface area contributed by atoms with Crippen molar-refractivity contribution in [1.82, 2.24) is 19.2 Å². The topological polar surface area (TPSA) is 76.0 Å². The number of aryl methyl sites for hydroxylation is 2. The van der Waals surface area contributed by atoms with Gasteiger partial charge in [-0.1, -0.05) is 18.7 Å². The van der Waals surface area contributed by atoms with E-state index >= 15 is 0 Å². The molecule has 4 aromatic rings. The summed E-state index contributed by atoms with van der Waals surface area (Å²) >= 11 is 0. The van der Waals surface area contributed by atoms with Crippen LogP contribution in [0, 0.1) is 25.1 Å². The predicted octanol–water partition coefficient (Wildman–Crippen LogP) is 4.22. The van der Waals surface area contributed by atoms with E-state index in [4.69, 9.17) is 10.4 Å². The summed E-state index contributed by atoms with van der Waals surface area (Å²) < 4.78 is 3.68. The summed E-state index contributed by atoms with van der Waals surface area (Å²) in [4.78, 5) is 17.6. The quantitative estimate of drug-likeness (QED) is 0.476. The molecule has 5 rings (SSSR count). The summed E-state index contributed by atoms with van der Waals surface area (Å²) in [6.07, 6.45) is 7.33. The van der Waals surface area contributed by atoms with Crippen LogP contribution in [0.15, 0.2) is 47.5 Å². The van der Waals surface area contributed by atoms with Gasteiger partial charge in [0.1, 0.15) is 0 Å². The Morgan fingerprint density at radius 1 is 1.17 bits per heavy atom. The number of nitriles is 1. The van der Waals surface area contributed by atoms with Crippen LogP contribution in [0.1, 0.15) is 30.1 Å². The standard InChI is InChI=1S/C23H22BN5O/c1-15-11-21(27-29-13-16(2)26-22(15)29)18-3-4-20-17(12-18)7-10-28(23(20)30)19-5-8-24(14-25)9-6-19/h3-4,7,10-13,19H,5-6,8-9H2,1-2H3. The van der Waals surface area contributed by atoms with E-state index in [1.807, 2.05) is 65.7 Å². The van der Waals surface area contributed by atoms with Gasteiger partial charge in [-0.15, -0.1) is 0 Å². The Bertz CT molecular complexity index is 1370. The first-order valence-electron chi connectivity index (χ1n) is 10.4. The van der Waals surface area contributed by atoms with Crippen LogP contribution in [-0.4, -0.2) is 25.9 Å². The molecule has 0 amide bonds. The van der Waals surface area contributed by atoms with Crippen molar-refractivity contribution in [1.29, 1.82) is 5.26 Å². The van der Waals surface area contributed by atoms with Gasteiger partial charge in [-0.05, 0) is 61.9 Å². The molecule has 30 heavy (non-hydrogen) atoms. The molecule has 1 saturated heterocycles. The second-order valence-corrected chi connectivity index (χ2v) is 8.33. The molecule has 6 nitrogen and oxygen atoms in total. The minimum absolute atomic E-state index is 0.0456. The van der Waals surface area contributed by atoms with E-state index in [1.54, 1.807) is 0 Å². The van der Waals surface area contributed by atoms with Crippen LogP contribution in [0.4, 0.5) is 0 Å². The molecule has 0 radical (unpaired) electrons. The van der Waals surface area contributed by atoms with Crippen molar-refractivity contribution in [3.05, 3.63) is 64.3 Å². The van der Waals surface area contributed by atoms with Gasteiger partial charge in [0, 0.05) is 29.2 Å². The highest BCUT2D eigenvalue weighted by molar-refractivity contribution is 6.67. The van der Waals surface area contributed by atoms with Gasteiger partial charge >= 0.3 is 0 Å². The van der Waals surface area contributed by atoms with Crippen molar-refractivity contribution >= 4 is 23.1 Å². The van der Waals surface area contributed by atoms with Crippen LogP contribution < -0.4 is 5.56 Å². The number of pyridine rings is 1. The van der Waals surface area contributed by atoms with Gasteiger partial charge in [0.15, 0.2) is 5.65 Å². The highest BCUT2D eigenvalue weighted by Crippen LogP contribution is 2.29. The summed E-state index contributed by atoms with van der Waals surface area (Å²) in [6.45, 7) is 4.13. The molecule has 0 spiro atoms. The molecular weight excluding hydrogens is 373 g/mol. The Hall–Kier alpha value is -3.40. The van der Waals surface area contributed by atoms with Crippen molar-refractivity contribution in [2.75, 3.05) is 0 Å². The molecule has 0 aliphatic carbocycles. The zero-order chi connectivity index (χ0) is 20.8. The first-order chi connectivity index (χ1) is 14.5. The fourth-order valence-corrected chi connectivity index (χ4v) is 4.58. The van der Waals surface area contributed by atoms with Gasteiger partial charge in [0.2, 0.25) is 0 Å². The maximum Gasteiger partial charge on any atom is 0.268 e. The minimum atomic E-state index is 0.0456. The van der Waals surface area contributed by atoms with Gasteiger partial charge in [-0.3, -0.25) is 4.79 Å². The van der Waals surface area contributed by atoms with Crippen molar-refractivity contribution in [3.63, 3.8) is 0 Å². The number of imidazole rings is 1. The third-order valence-corrected chi connectivity index (χ3v) is 6.23. The molecule has 1 fully saturated rings. The number of nitrogens with zero attached hydrogens (tertiary/aromatic N) is 5. The van der Waals surface area contributed by atoms with Crippen LogP contribution in [0.25, 0.3) is 27.7 Å². The normalized spacial score (nSPS) is 15.0. The Morgan fingerprint density at radius 2 is 1.97 bits per heavy atom. The molecular formula is C23H22BN5O. The molecule has 0 saturated carbocycles. The lowest BCUT2D eigenvalue weighted by Gasteiger charge is -2.25. The fourth-order valence-electron chi connectivity index (χ4n) is 4.58. The average Bonchev–Trinajstić information content (AvgIpc) is 3.15. The predicted molar refractivity (Wildman–Crippen MR) is 119 cm³/mol. The van der Waals surface area contributed by atoms with Gasteiger partial charge in [-0.25, -0.2) is 14.8 Å². The third-order valence-electron chi connectivity index (χ3n) is 6.23. The summed E-state index contributed by atoms with van der Waals surface area (Å²) in [5, 5.41) is 15.5. The first kappa shape index (κ1) is 18.6. The van der Waals surface area contributed by atoms with Crippen molar-refractivity contribution in [3.8, 4) is 17.2 Å². The maximum absolute atomic E-state index is 13.1. The third kappa shape index (κ3) is 3.09. The van der Waals surface area contributed by atoms with Crippen molar-refractivity contribution in [2.45, 2.75) is 45.4 Å². The maximum atomic E-state index is 13.1. The van der Waals surface area contributed by atoms with Crippen molar-refractivity contribution < 1.29 is 0 Å². The number of hydrogen-bond acceptors (Lipinski definition) is 4. The van der Waals surface area contributed by atoms with Gasteiger partial charge in [0.05, 0.1) is 17.6 Å². The number of benzene rings is 1. The van der Waals surface area contributed by atoms with E-state index in [2.05, 4.69) is 11.0 Å². The van der Waals surface area contributed by atoms with E-state index in [-0.39, 0.29) is 18.3 Å². The molecule has 4 heterocycles. The molecule has 3 aromatic heterocycles. The van der Waals surface area contributed by atoms with Crippen molar-refractivity contribution in [2.24, 2.45) is 0 Å². The number of hydrogen-bond donors (Lipinski definition) is 0. The number of aromatic nitrogens is 4. The lowest BCUT2D eigenvalue weighted by atomic mass is 9.42. The Kier molecular flexibility index (Phi) is 4.43. The Balaban J connectivity index is 1.53. The largest absolute Gasteiger partial charge is 0.312 e. The van der Waals surface area contributed by atoms with E-state index in [9.17, 15) is 4.79 Å². The summed E-state index contributed by atoms with van der Waals surface area (Å²) in [6, 6.07) is 10.2. The minimum Gasteiger partial charge on any atom is -0.312 e. The zero-order valence-corrected chi connectivity index (χ0v) is 17.2. The van der Waals surface area contributed by atoms with Gasteiger partial charge in [0.25, 0.3) is 12.3 Å². The van der Waals surface area contributed by atoms with E-state index in [1.165, 1.54) is 0 Å². The molecule has 0 atom stereocenters. The van der Waals surface area contributed by atoms with Crippen LogP contribution in [0.3, 0.4) is 0 Å². The van der Waals surface area contributed by atoms with Crippen LogP contribution in [-0.2, 0) is 0 Å². The summed E-state index contributed by atoms with van der Waals surface area (Å²) in [7, 11) is 0. The fraction of sp³-hybridized carbons (Fsp3) is 0.304. The van der Waals surface area contributed by atoms with Gasteiger partial charge < -0.3 is 4.57 Å². The second-order valence-electron chi connectivity index (χ2n) is 8.33. The smallest absolute Gasteiger partial charge is 0.268 e. The van der Waals surface area contributed by atoms with Crippen LogP contribution in [0.2, 0.25) is 12.6 Å². The van der Waals surface area contributed by atoms with E-state index in [0.717, 1.165) is 64.4 Å². The van der Waals surface area contributed by atoms with Crippen LogP contribution >= 0.6 is 0 Å². The lowest BCUT2D eigenvalue weighted by Crippen LogP contribution is -2.29. The van der Waals surface area contributed by atoms with E-state index < -0.39 is 0 Å². The summed E-state index contributed by atoms with van der Waals surface area (Å²) in [5.74, 6) is 2.36. The Labute approximate surface area is 174 Å². The Morgan fingerprint density at radius 3 is 2.73 bits per heavy atom. The second kappa shape index (κ2) is 7.14. The van der Waals surface area contributed by atoms with Crippen LogP contribution in [0.5, 0.6) is 0 Å². The highest BCUT2D eigenvalue weighted by atomic mass is 16.1. The summed E-state index contributed by atoms with van der Waals surface area (Å²) in [5.41, 5.74) is 4.75. The highest BCUT2D eigenvalue weighted by Gasteiger charge is 2.25. The molecule has 1 aliphatic rings. The molecule has 148 valence electrons. The monoisotopic (exact) mass is 395 g/mol. The first-order valence-corrected chi connectivity index (χ1v) is 10.4. The molecule has 1 aromatic carbocycles. The molecule has 7 heteroatoms. The lowest BCUT2D eigenvalue weighted by molar-refractivity contribution is 0.445. The molecule has 0 N–H and O–H groups in total. The number of fused-ring (bicyclic) bond motifs is 2. The zero-order valence-electron chi connectivity index (χ0n) is 17.2. The molecule has 0 unspecified atom stereocenters. The SMILES string of the molecule is Cc1cn2nc(-c3ccc4c(=O)n(C5CCB(C#N)CC5)ccc4c3)cc(C)c2n1. The molecule has 0 bridgehead atoms. The number of rotatable bonds is 2. The van der Waals surface area contributed by atoms with Gasteiger partial charge in [-0.2, -0.15) is 5.10 Å². The molecule has 1 aliphatic heterocycles.